The zero-order valence-corrected chi connectivity index (χ0v) is 10.00. The van der Waals surface area contributed by atoms with Gasteiger partial charge in [0.1, 0.15) is 0 Å². The van der Waals surface area contributed by atoms with Crippen LogP contribution in [0.25, 0.3) is 10.9 Å². The van der Waals surface area contributed by atoms with Crippen LogP contribution in [0.5, 0.6) is 0 Å². The van der Waals surface area contributed by atoms with Crippen molar-refractivity contribution in [1.82, 2.24) is 15.1 Å². The molecule has 1 heterocycles. The van der Waals surface area contributed by atoms with E-state index in [1.54, 1.807) is 11.7 Å². The smallest absolute Gasteiger partial charge is 0.272 e. The number of hydrogen-bond acceptors (Lipinski definition) is 2. The molecule has 0 saturated heterocycles. The van der Waals surface area contributed by atoms with Gasteiger partial charge in [-0.05, 0) is 18.2 Å². The van der Waals surface area contributed by atoms with Crippen molar-refractivity contribution in [3.63, 3.8) is 0 Å². The van der Waals surface area contributed by atoms with Crippen LogP contribution < -0.4 is 5.32 Å². The molecule has 0 atom stereocenters. The first-order chi connectivity index (χ1) is 7.13. The van der Waals surface area contributed by atoms with Gasteiger partial charge in [0, 0.05) is 24.0 Å². The van der Waals surface area contributed by atoms with Gasteiger partial charge >= 0.3 is 0 Å². The van der Waals surface area contributed by atoms with Gasteiger partial charge in [0.25, 0.3) is 5.91 Å². The van der Waals surface area contributed by atoms with E-state index in [-0.39, 0.29) is 5.91 Å². The molecule has 1 aromatic carbocycles. The Hall–Kier alpha value is -1.36. The Labute approximate surface area is 95.4 Å². The average Bonchev–Trinajstić information content (AvgIpc) is 2.54. The lowest BCUT2D eigenvalue weighted by molar-refractivity contribution is 0.0959. The molecule has 78 valence electrons. The summed E-state index contributed by atoms with van der Waals surface area (Å²) in [6.07, 6.45) is 0. The number of amides is 1. The largest absolute Gasteiger partial charge is 0.354 e. The van der Waals surface area contributed by atoms with Crippen molar-refractivity contribution in [2.45, 2.75) is 0 Å². The fourth-order valence-corrected chi connectivity index (χ4v) is 1.89. The van der Waals surface area contributed by atoms with Crippen molar-refractivity contribution in [2.75, 3.05) is 7.05 Å². The van der Waals surface area contributed by atoms with Gasteiger partial charge in [-0.15, -0.1) is 0 Å². The standard InChI is InChI=1S/C10H10BrN3O/c1-12-10(15)9-7-5-6(11)3-4-8(7)14(2)13-9/h3-5H,1-2H3,(H,12,15). The number of hydrogen-bond donors (Lipinski definition) is 1. The molecule has 0 saturated carbocycles. The highest BCUT2D eigenvalue weighted by Gasteiger charge is 2.14. The molecule has 2 rings (SSSR count). The lowest BCUT2D eigenvalue weighted by Gasteiger charge is -1.95. The van der Waals surface area contributed by atoms with Crippen molar-refractivity contribution < 1.29 is 4.79 Å². The van der Waals surface area contributed by atoms with E-state index in [2.05, 4.69) is 26.3 Å². The first-order valence-corrected chi connectivity index (χ1v) is 5.27. The second kappa shape index (κ2) is 3.66. The molecule has 0 aliphatic carbocycles. The van der Waals surface area contributed by atoms with Gasteiger partial charge in [0.2, 0.25) is 0 Å². The Morgan fingerprint density at radius 2 is 2.27 bits per heavy atom. The Bertz CT molecular complexity index is 533. The van der Waals surface area contributed by atoms with Crippen molar-refractivity contribution >= 4 is 32.7 Å². The van der Waals surface area contributed by atoms with E-state index >= 15 is 0 Å². The van der Waals surface area contributed by atoms with Crippen molar-refractivity contribution in [1.29, 1.82) is 0 Å². The maximum atomic E-state index is 11.5. The summed E-state index contributed by atoms with van der Waals surface area (Å²) in [5.41, 5.74) is 1.40. The van der Waals surface area contributed by atoms with Gasteiger partial charge < -0.3 is 5.32 Å². The molecule has 5 heteroatoms. The van der Waals surface area contributed by atoms with Gasteiger partial charge in [0.15, 0.2) is 5.69 Å². The van der Waals surface area contributed by atoms with E-state index < -0.39 is 0 Å². The minimum absolute atomic E-state index is 0.168. The highest BCUT2D eigenvalue weighted by molar-refractivity contribution is 9.10. The molecule has 0 fully saturated rings. The summed E-state index contributed by atoms with van der Waals surface area (Å²) in [6, 6.07) is 5.75. The third-order valence-corrected chi connectivity index (χ3v) is 2.75. The molecule has 1 amide bonds. The van der Waals surface area contributed by atoms with Gasteiger partial charge in [-0.1, -0.05) is 15.9 Å². The molecule has 4 nitrogen and oxygen atoms in total. The molecule has 0 aliphatic rings. The summed E-state index contributed by atoms with van der Waals surface area (Å²) in [5.74, 6) is -0.168. The van der Waals surface area contributed by atoms with Crippen LogP contribution in [0.2, 0.25) is 0 Å². The first kappa shape index (κ1) is 10.2. The van der Waals surface area contributed by atoms with Crippen molar-refractivity contribution in [3.8, 4) is 0 Å². The van der Waals surface area contributed by atoms with E-state index in [0.717, 1.165) is 15.4 Å². The third kappa shape index (κ3) is 1.63. The van der Waals surface area contributed by atoms with Crippen LogP contribution in [-0.4, -0.2) is 22.7 Å². The number of carbonyl (C=O) groups excluding carboxylic acids is 1. The zero-order valence-electron chi connectivity index (χ0n) is 8.41. The number of nitrogens with one attached hydrogen (secondary N) is 1. The molecule has 0 spiro atoms. The predicted octanol–water partition coefficient (Wildman–Crippen LogP) is 1.70. The van der Waals surface area contributed by atoms with E-state index in [1.807, 2.05) is 25.2 Å². The van der Waals surface area contributed by atoms with Crippen LogP contribution in [0.4, 0.5) is 0 Å². The van der Waals surface area contributed by atoms with Gasteiger partial charge in [-0.3, -0.25) is 9.48 Å². The zero-order chi connectivity index (χ0) is 11.0. The number of halogens is 1. The number of carbonyl (C=O) groups is 1. The number of nitrogens with zero attached hydrogens (tertiary/aromatic N) is 2. The van der Waals surface area contributed by atoms with Crippen LogP contribution in [0.15, 0.2) is 22.7 Å². The third-order valence-electron chi connectivity index (χ3n) is 2.25. The lowest BCUT2D eigenvalue weighted by atomic mass is 10.2. The van der Waals surface area contributed by atoms with Crippen LogP contribution >= 0.6 is 15.9 Å². The number of fused-ring (bicyclic) bond motifs is 1. The van der Waals surface area contributed by atoms with E-state index in [0.29, 0.717) is 5.69 Å². The first-order valence-electron chi connectivity index (χ1n) is 4.48. The number of rotatable bonds is 1. The quantitative estimate of drug-likeness (QED) is 0.855. The van der Waals surface area contributed by atoms with Crippen LogP contribution in [0.1, 0.15) is 10.5 Å². The maximum Gasteiger partial charge on any atom is 0.272 e. The molecule has 1 aromatic heterocycles. The van der Waals surface area contributed by atoms with E-state index in [1.165, 1.54) is 0 Å². The summed E-state index contributed by atoms with van der Waals surface area (Å²) >= 11 is 3.38. The number of aryl methyl sites for hydroxylation is 1. The molecule has 0 radical (unpaired) electrons. The fraction of sp³-hybridized carbons (Fsp3) is 0.200. The Balaban J connectivity index is 2.75. The van der Waals surface area contributed by atoms with Crippen LogP contribution in [-0.2, 0) is 7.05 Å². The summed E-state index contributed by atoms with van der Waals surface area (Å²) in [6.45, 7) is 0. The van der Waals surface area contributed by atoms with Gasteiger partial charge in [-0.25, -0.2) is 0 Å². The molecule has 15 heavy (non-hydrogen) atoms. The normalized spacial score (nSPS) is 10.6. The lowest BCUT2D eigenvalue weighted by Crippen LogP contribution is -2.18. The topological polar surface area (TPSA) is 46.9 Å². The monoisotopic (exact) mass is 267 g/mol. The summed E-state index contributed by atoms with van der Waals surface area (Å²) in [5, 5.41) is 7.61. The Morgan fingerprint density at radius 3 is 2.93 bits per heavy atom. The second-order valence-corrected chi connectivity index (χ2v) is 4.13. The SMILES string of the molecule is CNC(=O)c1nn(C)c2ccc(Br)cc12. The van der Waals surface area contributed by atoms with Crippen LogP contribution in [0, 0.1) is 0 Å². The van der Waals surface area contributed by atoms with Gasteiger partial charge in [0.05, 0.1) is 5.52 Å². The summed E-state index contributed by atoms with van der Waals surface area (Å²) < 4.78 is 2.64. The fourth-order valence-electron chi connectivity index (χ4n) is 1.52. The van der Waals surface area contributed by atoms with Crippen molar-refractivity contribution in [2.24, 2.45) is 7.05 Å². The highest BCUT2D eigenvalue weighted by Crippen LogP contribution is 2.22. The van der Waals surface area contributed by atoms with Crippen LogP contribution in [0.3, 0.4) is 0 Å². The molecular formula is C10H10BrN3O. The molecule has 0 unspecified atom stereocenters. The molecule has 0 aliphatic heterocycles. The Morgan fingerprint density at radius 1 is 1.53 bits per heavy atom. The number of benzene rings is 1. The summed E-state index contributed by atoms with van der Waals surface area (Å²) in [7, 11) is 3.42. The minimum Gasteiger partial charge on any atom is -0.354 e. The van der Waals surface area contributed by atoms with E-state index in [4.69, 9.17) is 0 Å². The summed E-state index contributed by atoms with van der Waals surface area (Å²) in [4.78, 5) is 11.5. The molecule has 2 aromatic rings. The van der Waals surface area contributed by atoms with Crippen molar-refractivity contribution in [3.05, 3.63) is 28.4 Å². The maximum absolute atomic E-state index is 11.5. The second-order valence-electron chi connectivity index (χ2n) is 3.21. The Kier molecular flexibility index (Phi) is 2.48. The minimum atomic E-state index is -0.168. The predicted molar refractivity (Wildman–Crippen MR) is 61.8 cm³/mol. The number of aromatic nitrogens is 2. The van der Waals surface area contributed by atoms with E-state index in [9.17, 15) is 4.79 Å². The molecular weight excluding hydrogens is 258 g/mol. The average molecular weight is 268 g/mol. The van der Waals surface area contributed by atoms with Gasteiger partial charge in [-0.2, -0.15) is 5.10 Å². The highest BCUT2D eigenvalue weighted by atomic mass is 79.9. The molecule has 1 N–H and O–H groups in total. The molecule has 0 bridgehead atoms.